The summed E-state index contributed by atoms with van der Waals surface area (Å²) in [5.41, 5.74) is 3.63. The molecule has 0 saturated carbocycles. The van der Waals surface area contributed by atoms with Gasteiger partial charge in [-0.3, -0.25) is 9.59 Å². The van der Waals surface area contributed by atoms with Crippen LogP contribution >= 0.6 is 34.7 Å². The van der Waals surface area contributed by atoms with E-state index in [1.54, 1.807) is 53.4 Å². The highest BCUT2D eigenvalue weighted by Gasteiger charge is 2.12. The quantitative estimate of drug-likeness (QED) is 0.418. The van der Waals surface area contributed by atoms with Crippen LogP contribution in [0.25, 0.3) is 0 Å². The van der Waals surface area contributed by atoms with Gasteiger partial charge >= 0.3 is 0 Å². The normalized spacial score (nSPS) is 10.6. The number of aromatic nitrogens is 1. The van der Waals surface area contributed by atoms with Gasteiger partial charge in [-0.15, -0.1) is 11.3 Å². The number of nitrogens with one attached hydrogen (secondary N) is 2. The molecule has 0 aliphatic rings. The number of rotatable bonds is 8. The number of halogens is 1. The molecule has 8 heteroatoms. The van der Waals surface area contributed by atoms with Crippen molar-refractivity contribution in [3.05, 3.63) is 75.3 Å². The lowest BCUT2D eigenvalue weighted by Gasteiger charge is -2.09. The predicted molar refractivity (Wildman–Crippen MR) is 125 cm³/mol. The van der Waals surface area contributed by atoms with Gasteiger partial charge in [0, 0.05) is 34.6 Å². The Morgan fingerprint density at radius 2 is 1.90 bits per heavy atom. The maximum atomic E-state index is 12.5. The van der Waals surface area contributed by atoms with Crippen LogP contribution in [0.4, 0.5) is 5.69 Å². The molecule has 0 aliphatic carbocycles. The summed E-state index contributed by atoms with van der Waals surface area (Å²) < 4.78 is 1.04. The molecule has 0 bridgehead atoms. The smallest absolute Gasteiger partial charge is 0.255 e. The van der Waals surface area contributed by atoms with E-state index in [2.05, 4.69) is 15.6 Å². The second-order valence-corrected chi connectivity index (χ2v) is 9.13. The molecular formula is C22H22ClN3O2S2. The molecule has 3 aromatic rings. The Morgan fingerprint density at radius 3 is 2.53 bits per heavy atom. The zero-order chi connectivity index (χ0) is 21.5. The van der Waals surface area contributed by atoms with E-state index in [1.165, 1.54) is 0 Å². The van der Waals surface area contributed by atoms with Crippen LogP contribution in [0.3, 0.4) is 0 Å². The molecular weight excluding hydrogens is 438 g/mol. The molecule has 1 aromatic heterocycles. The van der Waals surface area contributed by atoms with E-state index in [-0.39, 0.29) is 11.8 Å². The van der Waals surface area contributed by atoms with Crippen molar-refractivity contribution in [1.82, 2.24) is 10.3 Å². The standard InChI is InChI=1S/C22H22ClN3O2S2/c1-3-10-24-21(28)18-9-8-17(11-19(18)23)26-20(27)16-6-4-15(5-7-16)13-30-22-25-14(2)12-29-22/h4-9,11-12H,3,10,13H2,1-2H3,(H,24,28)(H,26,27). The van der Waals surface area contributed by atoms with Crippen molar-refractivity contribution in [3.63, 3.8) is 0 Å². The third kappa shape index (κ3) is 6.08. The van der Waals surface area contributed by atoms with Crippen LogP contribution in [0.2, 0.25) is 5.02 Å². The summed E-state index contributed by atoms with van der Waals surface area (Å²) in [6, 6.07) is 12.3. The lowest BCUT2D eigenvalue weighted by Crippen LogP contribution is -2.24. The largest absolute Gasteiger partial charge is 0.352 e. The van der Waals surface area contributed by atoms with Gasteiger partial charge in [0.1, 0.15) is 4.34 Å². The highest BCUT2D eigenvalue weighted by molar-refractivity contribution is 8.00. The Kier molecular flexibility index (Phi) is 7.90. The Labute approximate surface area is 189 Å². The van der Waals surface area contributed by atoms with Gasteiger partial charge in [-0.2, -0.15) is 0 Å². The van der Waals surface area contributed by atoms with Crippen molar-refractivity contribution in [3.8, 4) is 0 Å². The minimum absolute atomic E-state index is 0.221. The summed E-state index contributed by atoms with van der Waals surface area (Å²) in [7, 11) is 0. The summed E-state index contributed by atoms with van der Waals surface area (Å²) in [4.78, 5) is 29.0. The molecule has 2 amide bonds. The molecule has 156 valence electrons. The van der Waals surface area contributed by atoms with Gasteiger partial charge < -0.3 is 10.6 Å². The lowest BCUT2D eigenvalue weighted by molar-refractivity contribution is 0.0953. The van der Waals surface area contributed by atoms with Crippen LogP contribution in [-0.2, 0) is 5.75 Å². The second-order valence-electron chi connectivity index (χ2n) is 6.65. The first kappa shape index (κ1) is 22.3. The number of carbonyl (C=O) groups excluding carboxylic acids is 2. The number of aryl methyl sites for hydroxylation is 1. The highest BCUT2D eigenvalue weighted by Crippen LogP contribution is 2.26. The summed E-state index contributed by atoms with van der Waals surface area (Å²) >= 11 is 9.54. The van der Waals surface area contributed by atoms with Crippen LogP contribution in [-0.4, -0.2) is 23.3 Å². The molecule has 2 N–H and O–H groups in total. The van der Waals surface area contributed by atoms with Crippen molar-refractivity contribution in [1.29, 1.82) is 0 Å². The molecule has 5 nitrogen and oxygen atoms in total. The third-order valence-electron chi connectivity index (χ3n) is 4.18. The maximum Gasteiger partial charge on any atom is 0.255 e. The van der Waals surface area contributed by atoms with Gasteiger partial charge in [0.2, 0.25) is 0 Å². The monoisotopic (exact) mass is 459 g/mol. The Bertz CT molecular complexity index is 1040. The van der Waals surface area contributed by atoms with E-state index < -0.39 is 0 Å². The number of thiazole rings is 1. The average Bonchev–Trinajstić information content (AvgIpc) is 3.16. The van der Waals surface area contributed by atoms with E-state index in [0.717, 1.165) is 27.8 Å². The fraction of sp³-hybridized carbons (Fsp3) is 0.227. The lowest BCUT2D eigenvalue weighted by atomic mass is 10.1. The number of carbonyl (C=O) groups is 2. The van der Waals surface area contributed by atoms with Crippen LogP contribution in [0.1, 0.15) is 45.3 Å². The minimum atomic E-state index is -0.232. The van der Waals surface area contributed by atoms with E-state index >= 15 is 0 Å². The number of anilines is 1. The van der Waals surface area contributed by atoms with Gasteiger partial charge in [-0.05, 0) is 49.2 Å². The van der Waals surface area contributed by atoms with Gasteiger partial charge in [0.15, 0.2) is 0 Å². The number of benzene rings is 2. The molecule has 0 unspecified atom stereocenters. The Morgan fingerprint density at radius 1 is 1.13 bits per heavy atom. The van der Waals surface area contributed by atoms with Gasteiger partial charge in [0.25, 0.3) is 11.8 Å². The fourth-order valence-electron chi connectivity index (χ4n) is 2.61. The molecule has 0 atom stereocenters. The predicted octanol–water partition coefficient (Wildman–Crippen LogP) is 5.79. The molecule has 2 aromatic carbocycles. The first-order valence-electron chi connectivity index (χ1n) is 9.49. The summed E-state index contributed by atoms with van der Waals surface area (Å²) in [5, 5.41) is 7.94. The van der Waals surface area contributed by atoms with Gasteiger partial charge in [0.05, 0.1) is 10.6 Å². The van der Waals surface area contributed by atoms with E-state index in [0.29, 0.717) is 28.4 Å². The van der Waals surface area contributed by atoms with Crippen LogP contribution in [0.5, 0.6) is 0 Å². The fourth-order valence-corrected chi connectivity index (χ4v) is 4.68. The summed E-state index contributed by atoms with van der Waals surface area (Å²) in [5.74, 6) is 0.344. The number of nitrogens with zero attached hydrogens (tertiary/aromatic N) is 1. The third-order valence-corrected chi connectivity index (χ3v) is 6.71. The van der Waals surface area contributed by atoms with Crippen molar-refractivity contribution < 1.29 is 9.59 Å². The first-order valence-corrected chi connectivity index (χ1v) is 11.7. The number of hydrogen-bond donors (Lipinski definition) is 2. The average molecular weight is 460 g/mol. The number of thioether (sulfide) groups is 1. The molecule has 3 rings (SSSR count). The zero-order valence-electron chi connectivity index (χ0n) is 16.7. The van der Waals surface area contributed by atoms with Gasteiger partial charge in [-0.25, -0.2) is 4.98 Å². The Hall–Kier alpha value is -2.35. The van der Waals surface area contributed by atoms with E-state index in [4.69, 9.17) is 11.6 Å². The first-order chi connectivity index (χ1) is 14.5. The van der Waals surface area contributed by atoms with Crippen molar-refractivity contribution in [2.45, 2.75) is 30.4 Å². The highest BCUT2D eigenvalue weighted by atomic mass is 35.5. The van der Waals surface area contributed by atoms with Crippen LogP contribution in [0.15, 0.2) is 52.2 Å². The molecule has 1 heterocycles. The van der Waals surface area contributed by atoms with Gasteiger partial charge in [-0.1, -0.05) is 42.4 Å². The Balaban J connectivity index is 1.58. The van der Waals surface area contributed by atoms with Crippen molar-refractivity contribution in [2.75, 3.05) is 11.9 Å². The maximum absolute atomic E-state index is 12.5. The van der Waals surface area contributed by atoms with Crippen LogP contribution in [0, 0.1) is 6.92 Å². The molecule has 0 aliphatic heterocycles. The van der Waals surface area contributed by atoms with E-state index in [9.17, 15) is 9.59 Å². The number of amides is 2. The van der Waals surface area contributed by atoms with Crippen molar-refractivity contribution in [2.24, 2.45) is 0 Å². The zero-order valence-corrected chi connectivity index (χ0v) is 19.1. The molecule has 0 spiro atoms. The molecule has 0 radical (unpaired) electrons. The summed E-state index contributed by atoms with van der Waals surface area (Å²) in [6.45, 7) is 4.55. The topological polar surface area (TPSA) is 71.1 Å². The second kappa shape index (κ2) is 10.6. The van der Waals surface area contributed by atoms with Crippen LogP contribution < -0.4 is 10.6 Å². The SMILES string of the molecule is CCCNC(=O)c1ccc(NC(=O)c2ccc(CSc3nc(C)cs3)cc2)cc1Cl. The summed E-state index contributed by atoms with van der Waals surface area (Å²) in [6.07, 6.45) is 0.847. The van der Waals surface area contributed by atoms with E-state index in [1.807, 2.05) is 31.4 Å². The minimum Gasteiger partial charge on any atom is -0.352 e. The molecule has 0 fully saturated rings. The molecule has 30 heavy (non-hydrogen) atoms. The van der Waals surface area contributed by atoms with Crippen molar-refractivity contribution >= 4 is 52.2 Å². The number of hydrogen-bond acceptors (Lipinski definition) is 5. The molecule has 0 saturated heterocycles.